The van der Waals surface area contributed by atoms with E-state index in [9.17, 15) is 4.39 Å². The number of halogens is 1. The van der Waals surface area contributed by atoms with Crippen LogP contribution in [0.25, 0.3) is 0 Å². The number of rotatable bonds is 3. The van der Waals surface area contributed by atoms with Crippen molar-refractivity contribution < 1.29 is 4.39 Å². The van der Waals surface area contributed by atoms with E-state index in [4.69, 9.17) is 0 Å². The van der Waals surface area contributed by atoms with E-state index < -0.39 is 0 Å². The first-order valence-electron chi connectivity index (χ1n) is 5.55. The number of nitrogens with one attached hydrogen (secondary N) is 1. The van der Waals surface area contributed by atoms with Gasteiger partial charge in [-0.3, -0.25) is 4.68 Å². The monoisotopic (exact) mass is 233 g/mol. The third kappa shape index (κ3) is 2.64. The van der Waals surface area contributed by atoms with E-state index >= 15 is 0 Å². The number of aromatic nitrogens is 2. The number of hydrogen-bond donors (Lipinski definition) is 1. The number of anilines is 1. The van der Waals surface area contributed by atoms with E-state index in [1.807, 2.05) is 27.1 Å². The van der Waals surface area contributed by atoms with E-state index in [1.54, 1.807) is 10.7 Å². The maximum atomic E-state index is 12.9. The van der Waals surface area contributed by atoms with Gasteiger partial charge in [0, 0.05) is 31.0 Å². The summed E-state index contributed by atoms with van der Waals surface area (Å²) in [6, 6.07) is 4.75. The fraction of sp³-hybridized carbons (Fsp3) is 0.308. The molecule has 0 saturated carbocycles. The van der Waals surface area contributed by atoms with Crippen LogP contribution < -0.4 is 5.32 Å². The first-order valence-corrected chi connectivity index (χ1v) is 5.55. The second-order valence-electron chi connectivity index (χ2n) is 4.23. The third-order valence-corrected chi connectivity index (χ3v) is 2.77. The highest BCUT2D eigenvalue weighted by Gasteiger charge is 2.04. The zero-order chi connectivity index (χ0) is 12.4. The van der Waals surface area contributed by atoms with Gasteiger partial charge >= 0.3 is 0 Å². The highest BCUT2D eigenvalue weighted by Crippen LogP contribution is 2.17. The molecule has 0 amide bonds. The van der Waals surface area contributed by atoms with Crippen LogP contribution in [-0.2, 0) is 13.6 Å². The summed E-state index contributed by atoms with van der Waals surface area (Å²) >= 11 is 0. The largest absolute Gasteiger partial charge is 0.381 e. The summed E-state index contributed by atoms with van der Waals surface area (Å²) in [5.41, 5.74) is 4.03. The quantitative estimate of drug-likeness (QED) is 0.883. The lowest BCUT2D eigenvalue weighted by Gasteiger charge is -2.08. The van der Waals surface area contributed by atoms with Crippen molar-refractivity contribution in [1.29, 1.82) is 0 Å². The Bertz CT molecular complexity index is 531. The molecule has 0 aliphatic carbocycles. The maximum Gasteiger partial charge on any atom is 0.123 e. The van der Waals surface area contributed by atoms with Crippen molar-refractivity contribution in [3.05, 3.63) is 47.0 Å². The van der Waals surface area contributed by atoms with E-state index in [-0.39, 0.29) is 5.82 Å². The molecule has 0 bridgehead atoms. The summed E-state index contributed by atoms with van der Waals surface area (Å²) in [5.74, 6) is -0.203. The molecular formula is C13H16FN3. The van der Waals surface area contributed by atoms with Gasteiger partial charge in [-0.05, 0) is 37.6 Å². The molecule has 0 radical (unpaired) electrons. The normalized spacial score (nSPS) is 10.6. The zero-order valence-corrected chi connectivity index (χ0v) is 10.3. The number of hydrogen-bond acceptors (Lipinski definition) is 2. The van der Waals surface area contributed by atoms with Crippen molar-refractivity contribution >= 4 is 5.69 Å². The average molecular weight is 233 g/mol. The van der Waals surface area contributed by atoms with Gasteiger partial charge in [-0.25, -0.2) is 4.39 Å². The van der Waals surface area contributed by atoms with Gasteiger partial charge in [0.1, 0.15) is 5.82 Å². The van der Waals surface area contributed by atoms with Gasteiger partial charge in [-0.1, -0.05) is 0 Å². The van der Waals surface area contributed by atoms with Gasteiger partial charge in [0.2, 0.25) is 0 Å². The lowest BCUT2D eigenvalue weighted by atomic mass is 10.2. The topological polar surface area (TPSA) is 29.9 Å². The lowest BCUT2D eigenvalue weighted by molar-refractivity contribution is 0.627. The molecule has 3 nitrogen and oxygen atoms in total. The molecule has 2 aromatic rings. The number of aryl methyl sites for hydroxylation is 3. The molecule has 0 fully saturated rings. The number of nitrogens with zero attached hydrogens (tertiary/aromatic N) is 2. The fourth-order valence-corrected chi connectivity index (χ4v) is 1.84. The molecule has 0 saturated heterocycles. The Labute approximate surface area is 100 Å². The Balaban J connectivity index is 2.10. The summed E-state index contributed by atoms with van der Waals surface area (Å²) in [6.45, 7) is 4.57. The van der Waals surface area contributed by atoms with Crippen molar-refractivity contribution in [1.82, 2.24) is 9.78 Å². The van der Waals surface area contributed by atoms with Gasteiger partial charge in [-0.2, -0.15) is 5.10 Å². The van der Waals surface area contributed by atoms with Crippen LogP contribution in [0.1, 0.15) is 16.8 Å². The summed E-state index contributed by atoms with van der Waals surface area (Å²) in [5, 5.41) is 7.57. The summed E-state index contributed by atoms with van der Waals surface area (Å²) in [6.07, 6.45) is 1.99. The van der Waals surface area contributed by atoms with Crippen molar-refractivity contribution in [2.75, 3.05) is 5.32 Å². The van der Waals surface area contributed by atoms with Crippen molar-refractivity contribution in [3.63, 3.8) is 0 Å². The minimum absolute atomic E-state index is 0.203. The molecule has 4 heteroatoms. The van der Waals surface area contributed by atoms with E-state index in [0.717, 1.165) is 22.5 Å². The predicted octanol–water partition coefficient (Wildman–Crippen LogP) is 2.79. The summed E-state index contributed by atoms with van der Waals surface area (Å²) < 4.78 is 14.7. The van der Waals surface area contributed by atoms with Crippen molar-refractivity contribution in [2.24, 2.45) is 7.05 Å². The van der Waals surface area contributed by atoms with Crippen LogP contribution in [0.5, 0.6) is 0 Å². The van der Waals surface area contributed by atoms with E-state index in [1.165, 1.54) is 12.1 Å². The average Bonchev–Trinajstić information content (AvgIpc) is 2.56. The predicted molar refractivity (Wildman–Crippen MR) is 66.4 cm³/mol. The Kier molecular flexibility index (Phi) is 3.13. The Morgan fingerprint density at radius 3 is 2.71 bits per heavy atom. The summed E-state index contributed by atoms with van der Waals surface area (Å²) in [7, 11) is 1.90. The SMILES string of the molecule is Cc1cc(F)ccc1NCc1cn(C)nc1C. The van der Waals surface area contributed by atoms with Crippen LogP contribution in [0.15, 0.2) is 24.4 Å². The molecule has 1 N–H and O–H groups in total. The molecule has 1 heterocycles. The van der Waals surface area contributed by atoms with Crippen LogP contribution in [0.2, 0.25) is 0 Å². The fourth-order valence-electron chi connectivity index (χ4n) is 1.84. The van der Waals surface area contributed by atoms with Gasteiger partial charge in [0.25, 0.3) is 0 Å². The minimum Gasteiger partial charge on any atom is -0.381 e. The Morgan fingerprint density at radius 2 is 2.12 bits per heavy atom. The molecule has 0 aliphatic heterocycles. The lowest BCUT2D eigenvalue weighted by Crippen LogP contribution is -2.01. The molecule has 0 unspecified atom stereocenters. The molecule has 90 valence electrons. The maximum absolute atomic E-state index is 12.9. The Morgan fingerprint density at radius 1 is 1.35 bits per heavy atom. The molecular weight excluding hydrogens is 217 g/mol. The van der Waals surface area contributed by atoms with Gasteiger partial charge in [0.05, 0.1) is 5.69 Å². The molecule has 2 rings (SSSR count). The van der Waals surface area contributed by atoms with Crippen LogP contribution >= 0.6 is 0 Å². The molecule has 0 aliphatic rings. The van der Waals surface area contributed by atoms with Gasteiger partial charge < -0.3 is 5.32 Å². The minimum atomic E-state index is -0.203. The van der Waals surface area contributed by atoms with Gasteiger partial charge in [-0.15, -0.1) is 0 Å². The standard InChI is InChI=1S/C13H16FN3/c1-9-6-12(14)4-5-13(9)15-7-11-8-17(3)16-10(11)2/h4-6,8,15H,7H2,1-3H3. The molecule has 0 spiro atoms. The molecule has 1 aromatic carbocycles. The van der Waals surface area contributed by atoms with Gasteiger partial charge in [0.15, 0.2) is 0 Å². The van der Waals surface area contributed by atoms with E-state index in [2.05, 4.69) is 10.4 Å². The Hall–Kier alpha value is -1.84. The van der Waals surface area contributed by atoms with Crippen LogP contribution in [0.3, 0.4) is 0 Å². The molecule has 1 aromatic heterocycles. The second-order valence-corrected chi connectivity index (χ2v) is 4.23. The highest BCUT2D eigenvalue weighted by atomic mass is 19.1. The molecule has 0 atom stereocenters. The second kappa shape index (κ2) is 4.57. The highest BCUT2D eigenvalue weighted by molar-refractivity contribution is 5.50. The van der Waals surface area contributed by atoms with Crippen LogP contribution in [0.4, 0.5) is 10.1 Å². The smallest absolute Gasteiger partial charge is 0.123 e. The molecule has 17 heavy (non-hydrogen) atoms. The number of benzene rings is 1. The zero-order valence-electron chi connectivity index (χ0n) is 10.3. The van der Waals surface area contributed by atoms with Crippen LogP contribution in [-0.4, -0.2) is 9.78 Å². The first-order chi connectivity index (χ1) is 8.06. The van der Waals surface area contributed by atoms with Crippen molar-refractivity contribution in [2.45, 2.75) is 20.4 Å². The van der Waals surface area contributed by atoms with Crippen molar-refractivity contribution in [3.8, 4) is 0 Å². The van der Waals surface area contributed by atoms with E-state index in [0.29, 0.717) is 6.54 Å². The first kappa shape index (κ1) is 11.6. The van der Waals surface area contributed by atoms with Crippen LogP contribution in [0, 0.1) is 19.7 Å². The third-order valence-electron chi connectivity index (χ3n) is 2.77. The summed E-state index contributed by atoms with van der Waals surface area (Å²) in [4.78, 5) is 0.